The van der Waals surface area contributed by atoms with Crippen LogP contribution < -0.4 is 21.1 Å². The minimum Gasteiger partial charge on any atom is -0.454 e. The van der Waals surface area contributed by atoms with Crippen LogP contribution in [0.25, 0.3) is 66.4 Å². The minimum absolute atomic E-state index is 0.227. The van der Waals surface area contributed by atoms with Crippen molar-refractivity contribution in [1.29, 1.82) is 0 Å². The van der Waals surface area contributed by atoms with Gasteiger partial charge in [0.2, 0.25) is 0 Å². The summed E-state index contributed by atoms with van der Waals surface area (Å²) in [6.07, 6.45) is 0. The molecule has 0 saturated heterocycles. The highest BCUT2D eigenvalue weighted by Crippen LogP contribution is 2.60. The molecule has 0 amide bonds. The number of para-hydroxylation sites is 3. The lowest BCUT2D eigenvalue weighted by Crippen LogP contribution is -2.61. The Bertz CT molecular complexity index is 3900. The lowest BCUT2D eigenvalue weighted by Gasteiger charge is -2.45. The Morgan fingerprint density at radius 3 is 1.85 bits per heavy atom. The van der Waals surface area contributed by atoms with Crippen molar-refractivity contribution in [2.75, 3.05) is 10.1 Å². The molecule has 3 nitrogen and oxygen atoms in total. The molecule has 0 saturated carbocycles. The largest absolute Gasteiger partial charge is 0.454 e. The highest BCUT2D eigenvalue weighted by atomic mass is 16.3. The molecule has 15 rings (SSSR count). The quantitative estimate of drug-likeness (QED) is 0.179. The van der Waals surface area contributed by atoms with Crippen LogP contribution in [-0.2, 0) is 10.8 Å². The van der Waals surface area contributed by atoms with Crippen LogP contribution in [0.15, 0.2) is 223 Å². The third-order valence-corrected chi connectivity index (χ3v) is 15.9. The van der Waals surface area contributed by atoms with Crippen molar-refractivity contribution in [2.24, 2.45) is 0 Å². The lowest BCUT2D eigenvalue weighted by molar-refractivity contribution is 0.662. The third kappa shape index (κ3) is 4.79. The maximum atomic E-state index is 7.01. The van der Waals surface area contributed by atoms with E-state index in [1.54, 1.807) is 0 Å². The van der Waals surface area contributed by atoms with Gasteiger partial charge in [0.25, 0.3) is 0 Å². The van der Waals surface area contributed by atoms with Gasteiger partial charge in [-0.15, -0.1) is 0 Å². The van der Waals surface area contributed by atoms with Gasteiger partial charge in [0.15, 0.2) is 5.58 Å². The van der Waals surface area contributed by atoms with Crippen LogP contribution in [0.1, 0.15) is 47.2 Å². The second-order valence-corrected chi connectivity index (χ2v) is 19.5. The van der Waals surface area contributed by atoms with Crippen molar-refractivity contribution in [1.82, 2.24) is 0 Å². The summed E-state index contributed by atoms with van der Waals surface area (Å²) in [7, 11) is 0. The number of nitrogens with one attached hydrogen (secondary N) is 1. The molecule has 2 aliphatic carbocycles. The third-order valence-electron chi connectivity index (χ3n) is 15.9. The summed E-state index contributed by atoms with van der Waals surface area (Å²) in [6, 6.07) is 81.2. The summed E-state index contributed by atoms with van der Waals surface area (Å²) >= 11 is 0. The Balaban J connectivity index is 1.10. The lowest BCUT2D eigenvalue weighted by atomic mass is 9.42. The van der Waals surface area contributed by atoms with Gasteiger partial charge in [-0.2, -0.15) is 0 Å². The van der Waals surface area contributed by atoms with Crippen LogP contribution in [0.5, 0.6) is 0 Å². The molecular weight excluding hydrogens is 824 g/mol. The van der Waals surface area contributed by atoms with Crippen molar-refractivity contribution in [2.45, 2.75) is 24.7 Å². The van der Waals surface area contributed by atoms with Crippen LogP contribution in [0.4, 0.5) is 22.7 Å². The summed E-state index contributed by atoms with van der Waals surface area (Å²) in [4.78, 5) is 2.62. The molecule has 318 valence electrons. The zero-order valence-electron chi connectivity index (χ0n) is 37.7. The molecule has 0 unspecified atom stereocenters. The molecule has 0 bridgehead atoms. The molecule has 3 heterocycles. The smallest absolute Gasteiger partial charge is 0.333 e. The first-order chi connectivity index (χ1) is 33.5. The monoisotopic (exact) mass is 866 g/mol. The summed E-state index contributed by atoms with van der Waals surface area (Å²) in [5.74, 6) is 0. The summed E-state index contributed by atoms with van der Waals surface area (Å²) in [6.45, 7) is 4.63. The van der Waals surface area contributed by atoms with Gasteiger partial charge in [-0.1, -0.05) is 202 Å². The van der Waals surface area contributed by atoms with Crippen molar-refractivity contribution >= 4 is 62.5 Å². The number of benzene rings is 10. The maximum absolute atomic E-state index is 7.01. The number of hydrogen-bond donors (Lipinski definition) is 1. The van der Waals surface area contributed by atoms with Gasteiger partial charge in [0.05, 0.1) is 11.1 Å². The molecule has 0 spiro atoms. The van der Waals surface area contributed by atoms with Crippen molar-refractivity contribution < 1.29 is 4.42 Å². The Morgan fingerprint density at radius 1 is 0.471 bits per heavy atom. The van der Waals surface area contributed by atoms with E-state index in [1.807, 2.05) is 0 Å². The predicted octanol–water partition coefficient (Wildman–Crippen LogP) is 14.9. The van der Waals surface area contributed by atoms with Gasteiger partial charge in [0, 0.05) is 38.8 Å². The van der Waals surface area contributed by atoms with Crippen LogP contribution in [0.3, 0.4) is 0 Å². The SMILES string of the molecule is CC1(C)c2ccccc2-c2cc3c4c(c21)-c1cc(-c2ccccc2)ccc1N(c1cccc2c1oc1ccccc12)B4c1cccc(C2(c4ccccc4)c4ccccc4-c4ccccc42)c1N3. The van der Waals surface area contributed by atoms with Crippen LogP contribution in [0, 0.1) is 0 Å². The van der Waals surface area contributed by atoms with E-state index in [4.69, 9.17) is 4.42 Å². The molecule has 11 aromatic rings. The fourth-order valence-electron chi connectivity index (χ4n) is 13.2. The van der Waals surface area contributed by atoms with Crippen molar-refractivity contribution in [3.8, 4) is 44.5 Å². The first-order valence-electron chi connectivity index (χ1n) is 23.9. The van der Waals surface area contributed by atoms with Gasteiger partial charge in [-0.3, -0.25) is 0 Å². The molecule has 0 atom stereocenters. The fourth-order valence-corrected chi connectivity index (χ4v) is 13.2. The van der Waals surface area contributed by atoms with Crippen LogP contribution >= 0.6 is 0 Å². The first kappa shape index (κ1) is 37.8. The van der Waals surface area contributed by atoms with E-state index in [9.17, 15) is 0 Å². The van der Waals surface area contributed by atoms with E-state index in [2.05, 4.69) is 242 Å². The average molecular weight is 867 g/mol. The van der Waals surface area contributed by atoms with E-state index in [-0.39, 0.29) is 12.3 Å². The predicted molar refractivity (Wildman–Crippen MR) is 283 cm³/mol. The second kappa shape index (κ2) is 13.6. The van der Waals surface area contributed by atoms with E-state index in [1.165, 1.54) is 88.8 Å². The van der Waals surface area contributed by atoms with Gasteiger partial charge in [-0.25, -0.2) is 0 Å². The molecule has 4 heteroatoms. The van der Waals surface area contributed by atoms with E-state index in [0.29, 0.717) is 0 Å². The molecule has 68 heavy (non-hydrogen) atoms. The molecule has 2 aliphatic heterocycles. The Morgan fingerprint density at radius 2 is 1.09 bits per heavy atom. The highest BCUT2D eigenvalue weighted by molar-refractivity contribution is 6.93. The zero-order valence-corrected chi connectivity index (χ0v) is 37.7. The minimum atomic E-state index is -0.612. The van der Waals surface area contributed by atoms with Crippen molar-refractivity contribution in [3.05, 3.63) is 252 Å². The van der Waals surface area contributed by atoms with E-state index in [0.717, 1.165) is 44.7 Å². The number of fused-ring (bicyclic) bond motifs is 14. The van der Waals surface area contributed by atoms with E-state index >= 15 is 0 Å². The van der Waals surface area contributed by atoms with Gasteiger partial charge >= 0.3 is 6.85 Å². The normalized spacial score (nSPS) is 14.9. The Kier molecular flexibility index (Phi) is 7.58. The molecule has 0 radical (unpaired) electrons. The van der Waals surface area contributed by atoms with Crippen molar-refractivity contribution in [3.63, 3.8) is 0 Å². The number of hydrogen-bond acceptors (Lipinski definition) is 3. The summed E-state index contributed by atoms with van der Waals surface area (Å²) < 4.78 is 7.01. The molecule has 0 fully saturated rings. The summed E-state index contributed by atoms with van der Waals surface area (Å²) in [5.41, 5.74) is 25.8. The van der Waals surface area contributed by atoms with Gasteiger partial charge in [-0.05, 0) is 114 Å². The number of nitrogens with zero attached hydrogens (tertiary/aromatic N) is 1. The molecular formula is C64H43BN2O. The Labute approximate surface area is 396 Å². The van der Waals surface area contributed by atoms with Gasteiger partial charge < -0.3 is 14.5 Å². The van der Waals surface area contributed by atoms with Crippen LogP contribution in [-0.4, -0.2) is 6.85 Å². The average Bonchev–Trinajstić information content (AvgIpc) is 4.00. The first-order valence-corrected chi connectivity index (χ1v) is 23.9. The van der Waals surface area contributed by atoms with Gasteiger partial charge in [0.1, 0.15) is 5.58 Å². The zero-order chi connectivity index (χ0) is 44.9. The number of rotatable bonds is 4. The molecule has 10 aromatic carbocycles. The topological polar surface area (TPSA) is 28.4 Å². The van der Waals surface area contributed by atoms with Crippen LogP contribution in [0.2, 0.25) is 0 Å². The fraction of sp³-hybridized carbons (Fsp3) is 0.0625. The standard InChI is InChI=1S/C64H43BN2O/c1-63(2)49-28-13-9-25-44(49)47-38-54-60-58(59(47)63)48-37-40(39-19-5-3-6-20-39)35-36-55(48)67(56-33-17-27-46-45-26-12-16-34-57(45)68-62(46)56)65(60)53-32-18-31-52(61(53)66-54)64(41-21-7-4-8-22-41)50-29-14-10-23-42(50)43-24-11-15-30-51(43)64/h3-38,66H,1-2H3. The number of anilines is 4. The molecule has 1 aromatic heterocycles. The highest BCUT2D eigenvalue weighted by Gasteiger charge is 2.52. The molecule has 1 N–H and O–H groups in total. The maximum Gasteiger partial charge on any atom is 0.333 e. The molecule has 4 aliphatic rings. The summed E-state index contributed by atoms with van der Waals surface area (Å²) in [5, 5.41) is 6.56. The second-order valence-electron chi connectivity index (χ2n) is 19.5. The Hall–Kier alpha value is -8.34. The number of furan rings is 1. The van der Waals surface area contributed by atoms with E-state index < -0.39 is 5.41 Å².